The molecule has 0 saturated carbocycles. The largest absolute Gasteiger partial charge is 0.486 e. The molecule has 0 spiro atoms. The molecule has 0 aromatic heterocycles. The minimum Gasteiger partial charge on any atom is -0.486 e. The summed E-state index contributed by atoms with van der Waals surface area (Å²) in [6.45, 7) is 3.37. The van der Waals surface area contributed by atoms with Crippen LogP contribution < -0.4 is 0 Å². The van der Waals surface area contributed by atoms with E-state index in [1.165, 1.54) is 6.92 Å². The number of carbonyl (C=O) groups is 1. The summed E-state index contributed by atoms with van der Waals surface area (Å²) in [7, 11) is -4.31. The van der Waals surface area contributed by atoms with Crippen LogP contribution in [0.3, 0.4) is 0 Å². The lowest BCUT2D eigenvalue weighted by Gasteiger charge is -2.36. The number of nitrogens with zero attached hydrogens (tertiary/aromatic N) is 2. The van der Waals surface area contributed by atoms with E-state index in [9.17, 15) is 28.4 Å². The Kier molecular flexibility index (Phi) is 5.29. The maximum atomic E-state index is 13.2. The van der Waals surface area contributed by atoms with Gasteiger partial charge in [-0.15, -0.1) is 0 Å². The molecule has 1 aliphatic heterocycles. The van der Waals surface area contributed by atoms with E-state index in [1.54, 1.807) is 12.1 Å². The first-order valence-corrected chi connectivity index (χ1v) is 10.0. The molecule has 2 atom stereocenters. The Hall–Kier alpha value is -3.40. The van der Waals surface area contributed by atoms with Crippen LogP contribution >= 0.6 is 0 Å². The van der Waals surface area contributed by atoms with E-state index in [4.69, 9.17) is 4.74 Å². The minimum absolute atomic E-state index is 0.209. The van der Waals surface area contributed by atoms with Crippen molar-refractivity contribution in [1.82, 2.24) is 4.31 Å². The molecule has 0 unspecified atom stereocenters. The van der Waals surface area contributed by atoms with E-state index >= 15 is 0 Å². The summed E-state index contributed by atoms with van der Waals surface area (Å²) >= 11 is 0. The van der Waals surface area contributed by atoms with Crippen LogP contribution in [0.25, 0.3) is 5.76 Å². The summed E-state index contributed by atoms with van der Waals surface area (Å²) in [6.07, 6.45) is 0.168. The number of carboxylic acids is 1. The lowest BCUT2D eigenvalue weighted by molar-refractivity contribution is -0.384. The standard InChI is InChI=1S/C19H18N2O7S/c1-12-3-5-14(6-4-12)17-11-20(18(19(22)23)13(2)28-17)29(26,27)16-9-7-15(8-10-16)21(24)25/h3-11,13,18H,1-2H3,(H,22,23)/t13-,18+/m1/s1. The number of benzene rings is 2. The highest BCUT2D eigenvalue weighted by Gasteiger charge is 2.42. The lowest BCUT2D eigenvalue weighted by atomic mass is 10.1. The normalized spacial score (nSPS) is 19.2. The molecule has 29 heavy (non-hydrogen) atoms. The number of non-ortho nitro benzene ring substituents is 1. The Morgan fingerprint density at radius 2 is 1.72 bits per heavy atom. The number of nitro benzene ring substituents is 1. The number of carboxylic acid groups (broad SMARTS) is 1. The van der Waals surface area contributed by atoms with Crippen LogP contribution in [0.15, 0.2) is 59.6 Å². The Balaban J connectivity index is 2.09. The van der Waals surface area contributed by atoms with Gasteiger partial charge in [0.25, 0.3) is 15.7 Å². The van der Waals surface area contributed by atoms with Crippen molar-refractivity contribution >= 4 is 27.4 Å². The Morgan fingerprint density at radius 3 is 2.24 bits per heavy atom. The third kappa shape index (κ3) is 3.92. The minimum atomic E-state index is -4.31. The molecule has 152 valence electrons. The van der Waals surface area contributed by atoms with Gasteiger partial charge in [-0.1, -0.05) is 29.8 Å². The van der Waals surface area contributed by atoms with Gasteiger partial charge < -0.3 is 9.84 Å². The van der Waals surface area contributed by atoms with Crippen LogP contribution in [-0.2, 0) is 19.6 Å². The monoisotopic (exact) mass is 418 g/mol. The average Bonchev–Trinajstić information content (AvgIpc) is 2.67. The zero-order chi connectivity index (χ0) is 21.3. The van der Waals surface area contributed by atoms with Gasteiger partial charge in [0.2, 0.25) is 0 Å². The molecule has 0 bridgehead atoms. The van der Waals surface area contributed by atoms with E-state index in [-0.39, 0.29) is 16.3 Å². The maximum Gasteiger partial charge on any atom is 0.331 e. The molecule has 1 aliphatic rings. The van der Waals surface area contributed by atoms with Crippen LogP contribution in [0.2, 0.25) is 0 Å². The van der Waals surface area contributed by atoms with Gasteiger partial charge >= 0.3 is 5.97 Å². The van der Waals surface area contributed by atoms with Gasteiger partial charge in [0.1, 0.15) is 11.9 Å². The topological polar surface area (TPSA) is 127 Å². The second kappa shape index (κ2) is 7.55. The van der Waals surface area contributed by atoms with Crippen LogP contribution in [-0.4, -0.2) is 40.9 Å². The molecule has 0 saturated heterocycles. The van der Waals surface area contributed by atoms with Gasteiger partial charge in [0, 0.05) is 17.7 Å². The second-order valence-corrected chi connectivity index (χ2v) is 8.39. The highest BCUT2D eigenvalue weighted by Crippen LogP contribution is 2.32. The maximum absolute atomic E-state index is 13.2. The molecule has 2 aromatic rings. The van der Waals surface area contributed by atoms with Gasteiger partial charge in [-0.05, 0) is 26.0 Å². The number of ether oxygens (including phenoxy) is 1. The summed E-state index contributed by atoms with van der Waals surface area (Å²) in [6, 6.07) is 9.89. The summed E-state index contributed by atoms with van der Waals surface area (Å²) in [5, 5.41) is 20.4. The highest BCUT2D eigenvalue weighted by molar-refractivity contribution is 7.89. The van der Waals surface area contributed by atoms with Gasteiger partial charge in [0.15, 0.2) is 6.04 Å². The number of sulfonamides is 1. The fraction of sp³-hybridized carbons (Fsp3) is 0.211. The molecule has 0 fully saturated rings. The first-order chi connectivity index (χ1) is 13.6. The van der Waals surface area contributed by atoms with E-state index in [0.29, 0.717) is 5.56 Å². The molecule has 9 nitrogen and oxygen atoms in total. The molecule has 2 aromatic carbocycles. The molecular formula is C19H18N2O7S. The van der Waals surface area contributed by atoms with Crippen molar-refractivity contribution in [2.45, 2.75) is 30.9 Å². The number of nitro groups is 1. The quantitative estimate of drug-likeness (QED) is 0.584. The van der Waals surface area contributed by atoms with Gasteiger partial charge in [-0.2, -0.15) is 0 Å². The molecule has 0 aliphatic carbocycles. The zero-order valence-electron chi connectivity index (χ0n) is 15.6. The Bertz CT molecular complexity index is 1080. The van der Waals surface area contributed by atoms with Crippen LogP contribution in [0, 0.1) is 17.0 Å². The Morgan fingerprint density at radius 1 is 1.14 bits per heavy atom. The van der Waals surface area contributed by atoms with Crippen molar-refractivity contribution in [3.63, 3.8) is 0 Å². The summed E-state index contributed by atoms with van der Waals surface area (Å²) in [5.74, 6) is -1.16. The predicted molar refractivity (Wildman–Crippen MR) is 103 cm³/mol. The molecule has 1 heterocycles. The zero-order valence-corrected chi connectivity index (χ0v) is 16.4. The fourth-order valence-corrected chi connectivity index (χ4v) is 4.47. The molecular weight excluding hydrogens is 400 g/mol. The van der Waals surface area contributed by atoms with E-state index in [1.807, 2.05) is 19.1 Å². The van der Waals surface area contributed by atoms with Crippen molar-refractivity contribution in [2.24, 2.45) is 0 Å². The van der Waals surface area contributed by atoms with Crippen molar-refractivity contribution in [1.29, 1.82) is 0 Å². The van der Waals surface area contributed by atoms with Gasteiger partial charge in [-0.3, -0.25) is 14.4 Å². The lowest BCUT2D eigenvalue weighted by Crippen LogP contribution is -2.51. The molecule has 0 amide bonds. The number of hydrogen-bond donors (Lipinski definition) is 1. The SMILES string of the molecule is Cc1ccc(C2=CN(S(=O)(=O)c3ccc([N+](=O)[O-])cc3)[C@H](C(=O)O)[C@@H](C)O2)cc1. The molecule has 1 N–H and O–H groups in total. The van der Waals surface area contributed by atoms with Crippen molar-refractivity contribution in [3.8, 4) is 0 Å². The number of aryl methyl sites for hydroxylation is 1. The van der Waals surface area contributed by atoms with E-state index < -0.39 is 33.1 Å². The third-order valence-electron chi connectivity index (χ3n) is 4.49. The van der Waals surface area contributed by atoms with Crippen molar-refractivity contribution < 1.29 is 28.0 Å². The van der Waals surface area contributed by atoms with Crippen LogP contribution in [0.1, 0.15) is 18.1 Å². The van der Waals surface area contributed by atoms with Gasteiger partial charge in [0.05, 0.1) is 16.0 Å². The number of rotatable bonds is 5. The Labute approximate surface area is 167 Å². The van der Waals surface area contributed by atoms with E-state index in [2.05, 4.69) is 0 Å². The first-order valence-electron chi connectivity index (χ1n) is 8.57. The summed E-state index contributed by atoms with van der Waals surface area (Å²) < 4.78 is 32.7. The van der Waals surface area contributed by atoms with Crippen LogP contribution in [0.4, 0.5) is 5.69 Å². The first kappa shape index (κ1) is 20.3. The van der Waals surface area contributed by atoms with E-state index in [0.717, 1.165) is 40.3 Å². The van der Waals surface area contributed by atoms with Gasteiger partial charge in [-0.25, -0.2) is 13.2 Å². The van der Waals surface area contributed by atoms with Crippen molar-refractivity contribution in [2.75, 3.05) is 0 Å². The van der Waals surface area contributed by atoms with Crippen LogP contribution in [0.5, 0.6) is 0 Å². The highest BCUT2D eigenvalue weighted by atomic mass is 32.2. The predicted octanol–water partition coefficient (Wildman–Crippen LogP) is 2.76. The van der Waals surface area contributed by atoms with Crippen molar-refractivity contribution in [3.05, 3.63) is 76.0 Å². The molecule has 10 heteroatoms. The fourth-order valence-electron chi connectivity index (χ4n) is 2.95. The second-order valence-electron chi connectivity index (χ2n) is 6.55. The smallest absolute Gasteiger partial charge is 0.331 e. The molecule has 0 radical (unpaired) electrons. The average molecular weight is 418 g/mol. The summed E-state index contributed by atoms with van der Waals surface area (Å²) in [5.41, 5.74) is 1.32. The number of aliphatic carboxylic acids is 1. The number of hydrogen-bond acceptors (Lipinski definition) is 6. The summed E-state index contributed by atoms with van der Waals surface area (Å²) in [4.78, 5) is 21.7. The molecule has 3 rings (SSSR count). The third-order valence-corrected chi connectivity index (χ3v) is 6.24.